The lowest BCUT2D eigenvalue weighted by Gasteiger charge is -2.39. The summed E-state index contributed by atoms with van der Waals surface area (Å²) in [6.45, 7) is 9.11. The molecule has 1 fully saturated rings. The molecule has 1 heterocycles. The highest BCUT2D eigenvalue weighted by Crippen LogP contribution is 2.36. The van der Waals surface area contributed by atoms with Crippen LogP contribution < -0.4 is 5.32 Å². The summed E-state index contributed by atoms with van der Waals surface area (Å²) in [7, 11) is 0. The number of anilines is 1. The van der Waals surface area contributed by atoms with Crippen LogP contribution in [0.1, 0.15) is 31.4 Å². The SMILES string of the molecule is Cc1ccc(C)c(NC2CSCCC2(C)C)c1. The predicted octanol–water partition coefficient (Wildman–Crippen LogP) is 4.25. The van der Waals surface area contributed by atoms with Gasteiger partial charge in [-0.1, -0.05) is 26.0 Å². The Morgan fingerprint density at radius 1 is 1.29 bits per heavy atom. The van der Waals surface area contributed by atoms with E-state index in [0.29, 0.717) is 11.5 Å². The van der Waals surface area contributed by atoms with Gasteiger partial charge < -0.3 is 5.32 Å². The van der Waals surface area contributed by atoms with Crippen LogP contribution in [0.15, 0.2) is 18.2 Å². The molecule has 94 valence electrons. The quantitative estimate of drug-likeness (QED) is 0.841. The van der Waals surface area contributed by atoms with Gasteiger partial charge >= 0.3 is 0 Å². The van der Waals surface area contributed by atoms with Gasteiger partial charge in [0.1, 0.15) is 0 Å². The zero-order valence-corrected chi connectivity index (χ0v) is 12.2. The smallest absolute Gasteiger partial charge is 0.0403 e. The van der Waals surface area contributed by atoms with E-state index >= 15 is 0 Å². The lowest BCUT2D eigenvalue weighted by molar-refractivity contribution is 0.305. The van der Waals surface area contributed by atoms with E-state index in [1.165, 1.54) is 34.7 Å². The van der Waals surface area contributed by atoms with Crippen LogP contribution in [0.25, 0.3) is 0 Å². The van der Waals surface area contributed by atoms with Crippen molar-refractivity contribution in [2.75, 3.05) is 16.8 Å². The molecule has 0 spiro atoms. The van der Waals surface area contributed by atoms with Crippen molar-refractivity contribution < 1.29 is 0 Å². The fourth-order valence-electron chi connectivity index (χ4n) is 2.25. The van der Waals surface area contributed by atoms with Crippen molar-refractivity contribution in [3.05, 3.63) is 29.3 Å². The van der Waals surface area contributed by atoms with Crippen LogP contribution in [0.4, 0.5) is 5.69 Å². The van der Waals surface area contributed by atoms with Crippen LogP contribution in [0.2, 0.25) is 0 Å². The highest BCUT2D eigenvalue weighted by atomic mass is 32.2. The molecule has 1 saturated heterocycles. The average Bonchev–Trinajstić information content (AvgIpc) is 2.26. The number of aryl methyl sites for hydroxylation is 2. The van der Waals surface area contributed by atoms with E-state index in [4.69, 9.17) is 0 Å². The predicted molar refractivity (Wildman–Crippen MR) is 79.0 cm³/mol. The van der Waals surface area contributed by atoms with E-state index in [0.717, 1.165) is 0 Å². The average molecular weight is 249 g/mol. The maximum atomic E-state index is 3.76. The Morgan fingerprint density at radius 3 is 2.76 bits per heavy atom. The van der Waals surface area contributed by atoms with E-state index in [-0.39, 0.29) is 0 Å². The molecule has 0 aromatic heterocycles. The Labute approximate surface area is 109 Å². The Morgan fingerprint density at radius 2 is 2.06 bits per heavy atom. The number of hydrogen-bond acceptors (Lipinski definition) is 2. The van der Waals surface area contributed by atoms with Gasteiger partial charge in [-0.15, -0.1) is 0 Å². The first kappa shape index (κ1) is 12.8. The maximum Gasteiger partial charge on any atom is 0.0403 e. The van der Waals surface area contributed by atoms with Crippen LogP contribution in [-0.4, -0.2) is 17.5 Å². The van der Waals surface area contributed by atoms with E-state index in [1.807, 2.05) is 0 Å². The molecular formula is C15H23NS. The first-order valence-electron chi connectivity index (χ1n) is 6.40. The van der Waals surface area contributed by atoms with Gasteiger partial charge in [0.2, 0.25) is 0 Å². The normalized spacial score (nSPS) is 23.4. The van der Waals surface area contributed by atoms with Gasteiger partial charge in [-0.2, -0.15) is 11.8 Å². The summed E-state index contributed by atoms with van der Waals surface area (Å²) >= 11 is 2.07. The minimum Gasteiger partial charge on any atom is -0.381 e. The molecule has 1 aliphatic heterocycles. The number of hydrogen-bond donors (Lipinski definition) is 1. The Hall–Kier alpha value is -0.630. The van der Waals surface area contributed by atoms with Crippen LogP contribution >= 0.6 is 11.8 Å². The van der Waals surface area contributed by atoms with Crippen molar-refractivity contribution in [2.24, 2.45) is 5.41 Å². The number of rotatable bonds is 2. The van der Waals surface area contributed by atoms with Gasteiger partial charge in [-0.05, 0) is 48.6 Å². The molecule has 0 saturated carbocycles. The zero-order chi connectivity index (χ0) is 12.5. The molecule has 1 nitrogen and oxygen atoms in total. The zero-order valence-electron chi connectivity index (χ0n) is 11.3. The van der Waals surface area contributed by atoms with E-state index in [9.17, 15) is 0 Å². The summed E-state index contributed by atoms with van der Waals surface area (Å²) in [5.74, 6) is 2.53. The molecule has 1 aromatic rings. The molecule has 17 heavy (non-hydrogen) atoms. The lowest BCUT2D eigenvalue weighted by atomic mass is 9.82. The van der Waals surface area contributed by atoms with Crippen molar-refractivity contribution in [1.29, 1.82) is 0 Å². The van der Waals surface area contributed by atoms with Crippen LogP contribution in [0, 0.1) is 19.3 Å². The first-order valence-corrected chi connectivity index (χ1v) is 7.56. The Balaban J connectivity index is 2.16. The monoisotopic (exact) mass is 249 g/mol. The summed E-state index contributed by atoms with van der Waals surface area (Å²) in [6, 6.07) is 7.24. The van der Waals surface area contributed by atoms with Gasteiger partial charge in [0.05, 0.1) is 0 Å². The number of nitrogens with one attached hydrogen (secondary N) is 1. The summed E-state index contributed by atoms with van der Waals surface area (Å²) in [5.41, 5.74) is 4.40. The van der Waals surface area contributed by atoms with Crippen molar-refractivity contribution >= 4 is 17.4 Å². The molecule has 1 atom stereocenters. The summed E-state index contributed by atoms with van der Waals surface area (Å²) in [5, 5.41) is 3.76. The third-order valence-corrected chi connectivity index (χ3v) is 4.90. The molecule has 1 aliphatic rings. The van der Waals surface area contributed by atoms with E-state index in [1.54, 1.807) is 0 Å². The fourth-order valence-corrected chi connectivity index (χ4v) is 3.86. The van der Waals surface area contributed by atoms with Gasteiger partial charge in [-0.3, -0.25) is 0 Å². The van der Waals surface area contributed by atoms with Crippen molar-refractivity contribution in [3.8, 4) is 0 Å². The molecule has 0 bridgehead atoms. The molecule has 2 heteroatoms. The Kier molecular flexibility index (Phi) is 3.72. The summed E-state index contributed by atoms with van der Waals surface area (Å²) in [6.07, 6.45) is 1.31. The van der Waals surface area contributed by atoms with Crippen LogP contribution in [-0.2, 0) is 0 Å². The second-order valence-electron chi connectivity index (χ2n) is 5.83. The van der Waals surface area contributed by atoms with E-state index < -0.39 is 0 Å². The van der Waals surface area contributed by atoms with Gasteiger partial charge in [0.15, 0.2) is 0 Å². The van der Waals surface area contributed by atoms with Crippen molar-refractivity contribution in [3.63, 3.8) is 0 Å². The summed E-state index contributed by atoms with van der Waals surface area (Å²) in [4.78, 5) is 0. The number of benzene rings is 1. The van der Waals surface area contributed by atoms with E-state index in [2.05, 4.69) is 63.0 Å². The molecule has 0 aliphatic carbocycles. The minimum absolute atomic E-state index is 0.404. The molecule has 1 aromatic carbocycles. The largest absolute Gasteiger partial charge is 0.381 e. The first-order chi connectivity index (χ1) is 7.99. The second kappa shape index (κ2) is 4.93. The molecule has 1 unspecified atom stereocenters. The molecule has 0 radical (unpaired) electrons. The van der Waals surface area contributed by atoms with Gasteiger partial charge in [-0.25, -0.2) is 0 Å². The third kappa shape index (κ3) is 2.98. The second-order valence-corrected chi connectivity index (χ2v) is 6.98. The lowest BCUT2D eigenvalue weighted by Crippen LogP contribution is -2.41. The van der Waals surface area contributed by atoms with Gasteiger partial charge in [0.25, 0.3) is 0 Å². The molecule has 2 rings (SSSR count). The molecular weight excluding hydrogens is 226 g/mol. The molecule has 0 amide bonds. The number of thioether (sulfide) groups is 1. The van der Waals surface area contributed by atoms with Crippen molar-refractivity contribution in [1.82, 2.24) is 0 Å². The maximum absolute atomic E-state index is 3.76. The Bertz CT molecular complexity index is 398. The molecule has 1 N–H and O–H groups in total. The summed E-state index contributed by atoms with van der Waals surface area (Å²) < 4.78 is 0. The van der Waals surface area contributed by atoms with Crippen LogP contribution in [0.3, 0.4) is 0 Å². The van der Waals surface area contributed by atoms with Gasteiger partial charge in [0, 0.05) is 17.5 Å². The fraction of sp³-hybridized carbons (Fsp3) is 0.600. The highest BCUT2D eigenvalue weighted by molar-refractivity contribution is 7.99. The standard InChI is InChI=1S/C15H23NS/c1-11-5-6-12(2)13(9-11)16-14-10-17-8-7-15(14,3)4/h5-6,9,14,16H,7-8,10H2,1-4H3. The topological polar surface area (TPSA) is 12.0 Å². The van der Waals surface area contributed by atoms with Crippen molar-refractivity contribution in [2.45, 2.75) is 40.2 Å². The highest BCUT2D eigenvalue weighted by Gasteiger charge is 2.32. The minimum atomic E-state index is 0.404. The van der Waals surface area contributed by atoms with Crippen LogP contribution in [0.5, 0.6) is 0 Å². The third-order valence-electron chi connectivity index (χ3n) is 3.84.